The highest BCUT2D eigenvalue weighted by Gasteiger charge is 2.25. The second-order valence-electron chi connectivity index (χ2n) is 8.44. The highest BCUT2D eigenvalue weighted by molar-refractivity contribution is 14.1. The van der Waals surface area contributed by atoms with Crippen molar-refractivity contribution in [1.82, 2.24) is 5.32 Å². The largest absolute Gasteiger partial charge is 0.493 e. The van der Waals surface area contributed by atoms with Crippen molar-refractivity contribution in [3.05, 3.63) is 54.7 Å². The molecule has 0 bridgehead atoms. The number of carbonyl (C=O) groups excluding carboxylic acids is 1. The van der Waals surface area contributed by atoms with Crippen LogP contribution in [0, 0.1) is 7.14 Å². The molecule has 0 aromatic heterocycles. The molecular formula is C23H28I2N2O4. The number of carbonyl (C=O) groups is 1. The van der Waals surface area contributed by atoms with Gasteiger partial charge in [-0.05, 0) is 102 Å². The number of nitrogens with one attached hydrogen (secondary N) is 1. The predicted octanol–water partition coefficient (Wildman–Crippen LogP) is 5.71. The van der Waals surface area contributed by atoms with Crippen LogP contribution < -0.4 is 20.5 Å². The van der Waals surface area contributed by atoms with Crippen molar-refractivity contribution >= 4 is 51.3 Å². The fourth-order valence-corrected chi connectivity index (χ4v) is 4.39. The van der Waals surface area contributed by atoms with Gasteiger partial charge in [-0.1, -0.05) is 0 Å². The molecule has 31 heavy (non-hydrogen) atoms. The van der Waals surface area contributed by atoms with Crippen LogP contribution >= 0.6 is 45.2 Å². The number of benzene rings is 2. The zero-order valence-electron chi connectivity index (χ0n) is 17.9. The smallest absolute Gasteiger partial charge is 0.408 e. The average molecular weight is 650 g/mol. The van der Waals surface area contributed by atoms with Gasteiger partial charge < -0.3 is 25.3 Å². The molecule has 0 aliphatic carbocycles. The number of fused-ring (bicyclic) bond motifs is 2. The van der Waals surface area contributed by atoms with Crippen LogP contribution in [0.2, 0.25) is 0 Å². The summed E-state index contributed by atoms with van der Waals surface area (Å²) in [5.41, 5.74) is 7.61. The fourth-order valence-electron chi connectivity index (χ4n) is 3.36. The number of hydrogen-bond acceptors (Lipinski definition) is 5. The van der Waals surface area contributed by atoms with E-state index in [-0.39, 0.29) is 18.2 Å². The number of nitrogens with two attached hydrogens (primary N) is 1. The summed E-state index contributed by atoms with van der Waals surface area (Å²) < 4.78 is 18.7. The van der Waals surface area contributed by atoms with E-state index in [2.05, 4.69) is 56.6 Å². The Morgan fingerprint density at radius 2 is 1.55 bits per heavy atom. The molecule has 2 heterocycles. The highest BCUT2D eigenvalue weighted by atomic mass is 127. The van der Waals surface area contributed by atoms with Crippen LogP contribution in [0.4, 0.5) is 4.79 Å². The van der Waals surface area contributed by atoms with E-state index in [0.717, 1.165) is 45.6 Å². The molecule has 8 heteroatoms. The van der Waals surface area contributed by atoms with E-state index in [1.165, 1.54) is 3.57 Å². The van der Waals surface area contributed by atoms with Crippen molar-refractivity contribution in [2.24, 2.45) is 5.73 Å². The summed E-state index contributed by atoms with van der Waals surface area (Å²) in [4.78, 5) is 11.8. The number of rotatable bonds is 1. The predicted molar refractivity (Wildman–Crippen MR) is 138 cm³/mol. The van der Waals surface area contributed by atoms with Gasteiger partial charge in [-0.15, -0.1) is 0 Å². The first-order valence-corrected chi connectivity index (χ1v) is 12.4. The summed E-state index contributed by atoms with van der Waals surface area (Å²) in [6.45, 7) is 6.91. The Hall–Kier alpha value is -1.27. The Morgan fingerprint density at radius 1 is 1.00 bits per heavy atom. The van der Waals surface area contributed by atoms with Crippen LogP contribution in [-0.2, 0) is 4.74 Å². The minimum absolute atomic E-state index is 0.0479. The molecule has 0 spiro atoms. The molecule has 0 saturated heterocycles. The lowest BCUT2D eigenvalue weighted by atomic mass is 10.0. The second kappa shape index (κ2) is 10.6. The third-order valence-corrected chi connectivity index (χ3v) is 6.10. The van der Waals surface area contributed by atoms with E-state index < -0.39 is 5.60 Å². The topological polar surface area (TPSA) is 82.8 Å². The Morgan fingerprint density at radius 3 is 2.16 bits per heavy atom. The Labute approximate surface area is 210 Å². The lowest BCUT2D eigenvalue weighted by molar-refractivity contribution is 0.0491. The summed E-state index contributed by atoms with van der Waals surface area (Å²) in [6, 6.07) is 12.2. The quantitative estimate of drug-likeness (QED) is 0.387. The zero-order chi connectivity index (χ0) is 22.6. The molecular weight excluding hydrogens is 622 g/mol. The molecule has 0 unspecified atom stereocenters. The summed E-state index contributed by atoms with van der Waals surface area (Å²) in [6.07, 6.45) is 1.30. The number of hydrogen-bond donors (Lipinski definition) is 2. The van der Waals surface area contributed by atoms with Crippen molar-refractivity contribution in [2.75, 3.05) is 13.2 Å². The minimum atomic E-state index is -0.483. The molecule has 168 valence electrons. The number of alkyl carbamates (subject to hydrolysis) is 1. The summed E-state index contributed by atoms with van der Waals surface area (Å²) in [7, 11) is 0. The Balaban J connectivity index is 0.000000194. The van der Waals surface area contributed by atoms with Crippen molar-refractivity contribution in [2.45, 2.75) is 51.3 Å². The van der Waals surface area contributed by atoms with E-state index in [0.29, 0.717) is 6.61 Å². The van der Waals surface area contributed by atoms with Gasteiger partial charge in [-0.3, -0.25) is 0 Å². The Bertz CT molecular complexity index is 930. The summed E-state index contributed by atoms with van der Waals surface area (Å²) in [5.74, 6) is 1.79. The van der Waals surface area contributed by atoms with Gasteiger partial charge in [0.15, 0.2) is 0 Å². The highest BCUT2D eigenvalue weighted by Crippen LogP contribution is 2.33. The maximum Gasteiger partial charge on any atom is 0.408 e. The molecule has 2 aromatic carbocycles. The van der Waals surface area contributed by atoms with Crippen molar-refractivity contribution in [1.29, 1.82) is 0 Å². The summed E-state index contributed by atoms with van der Waals surface area (Å²) >= 11 is 4.54. The van der Waals surface area contributed by atoms with Gasteiger partial charge in [0.05, 0.1) is 19.3 Å². The van der Waals surface area contributed by atoms with Crippen molar-refractivity contribution < 1.29 is 19.0 Å². The van der Waals surface area contributed by atoms with Crippen molar-refractivity contribution in [3.63, 3.8) is 0 Å². The fraction of sp³-hybridized carbons (Fsp3) is 0.435. The summed E-state index contributed by atoms with van der Waals surface area (Å²) in [5, 5.41) is 2.91. The third-order valence-electron chi connectivity index (χ3n) is 4.76. The normalized spacial score (nSPS) is 19.4. The molecule has 0 saturated carbocycles. The maximum atomic E-state index is 11.8. The number of amides is 1. The van der Waals surface area contributed by atoms with Gasteiger partial charge in [0.25, 0.3) is 0 Å². The first-order valence-electron chi connectivity index (χ1n) is 10.2. The molecule has 0 radical (unpaired) electrons. The lowest BCUT2D eigenvalue weighted by Crippen LogP contribution is -2.36. The van der Waals surface area contributed by atoms with E-state index in [9.17, 15) is 4.79 Å². The van der Waals surface area contributed by atoms with Gasteiger partial charge >= 0.3 is 6.09 Å². The van der Waals surface area contributed by atoms with Gasteiger partial charge in [-0.25, -0.2) is 4.79 Å². The van der Waals surface area contributed by atoms with Crippen LogP contribution in [0.25, 0.3) is 0 Å². The van der Waals surface area contributed by atoms with Crippen LogP contribution in [0.15, 0.2) is 36.4 Å². The minimum Gasteiger partial charge on any atom is -0.493 e. The van der Waals surface area contributed by atoms with Crippen LogP contribution in [-0.4, -0.2) is 24.9 Å². The molecule has 2 aliphatic heterocycles. The van der Waals surface area contributed by atoms with E-state index in [4.69, 9.17) is 19.9 Å². The molecule has 6 nitrogen and oxygen atoms in total. The standard InChI is InChI=1S/C14H18INO3.C9H10INO/c1-14(2,3)19-13(17)16-11-6-7-18-12-5-4-9(15)8-10(11)12;10-6-1-2-9-7(5-6)8(11)3-4-12-9/h4-5,8,11H,6-7H2,1-3H3,(H,16,17);1-2,5,8H,3-4,11H2/t11-;8-/m00/s1. The second-order valence-corrected chi connectivity index (χ2v) is 10.9. The lowest BCUT2D eigenvalue weighted by Gasteiger charge is -2.28. The Kier molecular flexibility index (Phi) is 8.31. The SMILES string of the molecule is CC(C)(C)OC(=O)N[C@H]1CCOc2ccc(I)cc21.N[C@H]1CCOc2ccc(I)cc21. The maximum absolute atomic E-state index is 11.8. The average Bonchev–Trinajstić information content (AvgIpc) is 2.68. The first kappa shape index (κ1) is 24.4. The third kappa shape index (κ3) is 7.11. The monoisotopic (exact) mass is 650 g/mol. The molecule has 0 fully saturated rings. The molecule has 3 N–H and O–H groups in total. The van der Waals surface area contributed by atoms with Gasteiger partial charge in [0.1, 0.15) is 17.1 Å². The van der Waals surface area contributed by atoms with Crippen LogP contribution in [0.1, 0.15) is 56.8 Å². The molecule has 1 amide bonds. The molecule has 2 atom stereocenters. The van der Waals surface area contributed by atoms with E-state index in [1.807, 2.05) is 51.1 Å². The number of halogens is 2. The number of ether oxygens (including phenoxy) is 3. The van der Waals surface area contributed by atoms with Gasteiger partial charge in [-0.2, -0.15) is 0 Å². The molecule has 2 aromatic rings. The van der Waals surface area contributed by atoms with E-state index in [1.54, 1.807) is 0 Å². The zero-order valence-corrected chi connectivity index (χ0v) is 22.2. The van der Waals surface area contributed by atoms with E-state index >= 15 is 0 Å². The molecule has 2 aliphatic rings. The van der Waals surface area contributed by atoms with Crippen LogP contribution in [0.5, 0.6) is 11.5 Å². The van der Waals surface area contributed by atoms with Gasteiger partial charge in [0, 0.05) is 37.2 Å². The first-order chi connectivity index (χ1) is 14.6. The van der Waals surface area contributed by atoms with Gasteiger partial charge in [0.2, 0.25) is 0 Å². The molecule has 4 rings (SSSR count). The van der Waals surface area contributed by atoms with Crippen molar-refractivity contribution in [3.8, 4) is 11.5 Å². The van der Waals surface area contributed by atoms with Crippen LogP contribution in [0.3, 0.4) is 0 Å².